The molecule has 0 aliphatic carbocycles. The first-order valence-electron chi connectivity index (χ1n) is 9.16. The summed E-state index contributed by atoms with van der Waals surface area (Å²) in [6.07, 6.45) is -0.122. The lowest BCUT2D eigenvalue weighted by Crippen LogP contribution is -2.08. The van der Waals surface area contributed by atoms with Crippen LogP contribution in [-0.4, -0.2) is 23.8 Å². The van der Waals surface area contributed by atoms with Crippen LogP contribution >= 0.6 is 11.6 Å². The summed E-state index contributed by atoms with van der Waals surface area (Å²) in [5.41, 5.74) is 4.33. The Morgan fingerprint density at radius 3 is 2.14 bits per heavy atom. The maximum atomic E-state index is 13.4. The van der Waals surface area contributed by atoms with Crippen molar-refractivity contribution in [3.05, 3.63) is 100 Å². The van der Waals surface area contributed by atoms with Gasteiger partial charge in [-0.25, -0.2) is 4.39 Å². The number of fused-ring (bicyclic) bond motifs is 1. The van der Waals surface area contributed by atoms with Gasteiger partial charge < -0.3 is 4.74 Å². The molecule has 28 heavy (non-hydrogen) atoms. The number of aliphatic imine (C=N–C) groups is 1. The van der Waals surface area contributed by atoms with E-state index in [1.807, 2.05) is 48.5 Å². The number of methoxy groups -OCH3 is 1. The molecule has 2 heterocycles. The summed E-state index contributed by atoms with van der Waals surface area (Å²) in [6.45, 7) is 0. The maximum Gasteiger partial charge on any atom is 0.129 e. The summed E-state index contributed by atoms with van der Waals surface area (Å²) >= 11 is 6.06. The number of nitrogens with zero attached hydrogens (tertiary/aromatic N) is 2. The summed E-state index contributed by atoms with van der Waals surface area (Å²) in [5, 5.41) is 0.705. The van der Waals surface area contributed by atoms with Gasteiger partial charge in [0.2, 0.25) is 0 Å². The first-order valence-corrected chi connectivity index (χ1v) is 9.54. The topological polar surface area (TPSA) is 24.6 Å². The Morgan fingerprint density at radius 2 is 1.50 bits per heavy atom. The van der Waals surface area contributed by atoms with Crippen molar-refractivity contribution >= 4 is 17.3 Å². The van der Waals surface area contributed by atoms with Gasteiger partial charge in [0.25, 0.3) is 0 Å². The van der Waals surface area contributed by atoms with Crippen LogP contribution in [0.5, 0.6) is 5.75 Å². The standard InChI is InChI=1S/C23H18ClFN2O/c1-28-19-12-6-15(7-13-19)21-22-20(14-2-8-17(24)9-3-14)26-23(27(21)22)16-4-10-18(25)11-5-16/h2-13,21-23H,1H3. The smallest absolute Gasteiger partial charge is 0.129 e. The van der Waals surface area contributed by atoms with E-state index in [4.69, 9.17) is 21.3 Å². The zero-order chi connectivity index (χ0) is 19.3. The molecule has 0 bridgehead atoms. The monoisotopic (exact) mass is 392 g/mol. The predicted molar refractivity (Wildman–Crippen MR) is 108 cm³/mol. The second-order valence-corrected chi connectivity index (χ2v) is 7.49. The summed E-state index contributed by atoms with van der Waals surface area (Å²) in [7, 11) is 1.67. The van der Waals surface area contributed by atoms with Crippen LogP contribution in [0.3, 0.4) is 0 Å². The summed E-state index contributed by atoms with van der Waals surface area (Å²) in [4.78, 5) is 7.34. The molecule has 3 aromatic carbocycles. The lowest BCUT2D eigenvalue weighted by Gasteiger charge is -2.15. The van der Waals surface area contributed by atoms with E-state index in [0.29, 0.717) is 5.02 Å². The largest absolute Gasteiger partial charge is 0.497 e. The van der Waals surface area contributed by atoms with Gasteiger partial charge in [0.15, 0.2) is 0 Å². The van der Waals surface area contributed by atoms with Crippen LogP contribution in [0.15, 0.2) is 77.8 Å². The Morgan fingerprint density at radius 1 is 0.857 bits per heavy atom. The van der Waals surface area contributed by atoms with E-state index in [-0.39, 0.29) is 24.1 Å². The van der Waals surface area contributed by atoms with Crippen molar-refractivity contribution in [3.8, 4) is 5.75 Å². The number of benzene rings is 3. The summed E-state index contributed by atoms with van der Waals surface area (Å²) < 4.78 is 18.7. The minimum absolute atomic E-state index is 0.122. The third kappa shape index (κ3) is 2.89. The Kier molecular flexibility index (Phi) is 4.18. The Hall–Kier alpha value is -2.69. The molecule has 0 aromatic heterocycles. The highest BCUT2D eigenvalue weighted by atomic mass is 35.5. The van der Waals surface area contributed by atoms with E-state index >= 15 is 0 Å². The molecule has 3 nitrogen and oxygen atoms in total. The van der Waals surface area contributed by atoms with E-state index in [1.54, 1.807) is 7.11 Å². The molecule has 1 saturated heterocycles. The van der Waals surface area contributed by atoms with Gasteiger partial charge in [-0.1, -0.05) is 48.0 Å². The average Bonchev–Trinajstić information content (AvgIpc) is 3.34. The lowest BCUT2D eigenvalue weighted by molar-refractivity contribution is 0.402. The zero-order valence-corrected chi connectivity index (χ0v) is 16.0. The number of ether oxygens (including phenoxy) is 1. The highest BCUT2D eigenvalue weighted by molar-refractivity contribution is 6.30. The molecule has 140 valence electrons. The van der Waals surface area contributed by atoms with Crippen LogP contribution in [0.1, 0.15) is 28.9 Å². The van der Waals surface area contributed by atoms with Crippen LogP contribution in [0.4, 0.5) is 4.39 Å². The molecule has 0 spiro atoms. The molecule has 0 amide bonds. The van der Waals surface area contributed by atoms with E-state index in [9.17, 15) is 4.39 Å². The molecular formula is C23H18ClFN2O. The predicted octanol–water partition coefficient (Wildman–Crippen LogP) is 5.41. The van der Waals surface area contributed by atoms with Crippen LogP contribution in [-0.2, 0) is 0 Å². The zero-order valence-electron chi connectivity index (χ0n) is 15.2. The highest BCUT2D eigenvalue weighted by Gasteiger charge is 2.59. The fourth-order valence-corrected chi connectivity index (χ4v) is 4.15. The second-order valence-electron chi connectivity index (χ2n) is 7.06. The molecule has 2 aliphatic heterocycles. The average molecular weight is 393 g/mol. The lowest BCUT2D eigenvalue weighted by atomic mass is 10.0. The first-order chi connectivity index (χ1) is 13.7. The fraction of sp³-hybridized carbons (Fsp3) is 0.174. The van der Waals surface area contributed by atoms with E-state index in [1.165, 1.54) is 17.7 Å². The van der Waals surface area contributed by atoms with E-state index < -0.39 is 0 Å². The normalized spacial score (nSPS) is 25.2. The molecule has 0 N–H and O–H groups in total. The van der Waals surface area contributed by atoms with Gasteiger partial charge in [-0.15, -0.1) is 0 Å². The van der Waals surface area contributed by atoms with Crippen molar-refractivity contribution in [1.82, 2.24) is 4.90 Å². The molecule has 4 unspecified atom stereocenters. The number of hydrogen-bond acceptors (Lipinski definition) is 3. The molecule has 1 fully saturated rings. The van der Waals surface area contributed by atoms with Gasteiger partial charge in [0.1, 0.15) is 17.7 Å². The third-order valence-electron chi connectivity index (χ3n) is 5.44. The van der Waals surface area contributed by atoms with Gasteiger partial charge in [0, 0.05) is 5.02 Å². The van der Waals surface area contributed by atoms with Crippen LogP contribution < -0.4 is 4.74 Å². The molecule has 5 rings (SSSR count). The minimum Gasteiger partial charge on any atom is -0.497 e. The fourth-order valence-electron chi connectivity index (χ4n) is 4.02. The molecule has 2 aliphatic rings. The van der Waals surface area contributed by atoms with Crippen molar-refractivity contribution in [3.63, 3.8) is 0 Å². The molecule has 0 saturated carbocycles. The summed E-state index contributed by atoms with van der Waals surface area (Å²) in [5.74, 6) is 0.601. The highest BCUT2D eigenvalue weighted by Crippen LogP contribution is 2.55. The minimum atomic E-state index is -0.238. The van der Waals surface area contributed by atoms with Crippen molar-refractivity contribution in [2.24, 2.45) is 4.99 Å². The molecule has 0 radical (unpaired) electrons. The van der Waals surface area contributed by atoms with Gasteiger partial charge in [-0.2, -0.15) is 0 Å². The number of halogens is 2. The van der Waals surface area contributed by atoms with Gasteiger partial charge in [-0.05, 0) is 53.1 Å². The Balaban J connectivity index is 1.53. The first kappa shape index (κ1) is 17.4. The Labute approximate surface area is 168 Å². The second kappa shape index (κ2) is 6.73. The van der Waals surface area contributed by atoms with Crippen molar-refractivity contribution in [1.29, 1.82) is 0 Å². The van der Waals surface area contributed by atoms with Crippen molar-refractivity contribution in [2.45, 2.75) is 18.2 Å². The van der Waals surface area contributed by atoms with Gasteiger partial charge >= 0.3 is 0 Å². The number of hydrogen-bond donors (Lipinski definition) is 0. The van der Waals surface area contributed by atoms with Crippen molar-refractivity contribution < 1.29 is 9.13 Å². The molecule has 4 atom stereocenters. The van der Waals surface area contributed by atoms with Gasteiger partial charge in [0.05, 0.1) is 24.9 Å². The van der Waals surface area contributed by atoms with E-state index in [0.717, 1.165) is 22.6 Å². The summed E-state index contributed by atoms with van der Waals surface area (Å²) in [6, 6.07) is 23.0. The van der Waals surface area contributed by atoms with Crippen LogP contribution in [0, 0.1) is 5.82 Å². The van der Waals surface area contributed by atoms with Crippen LogP contribution in [0.2, 0.25) is 5.02 Å². The van der Waals surface area contributed by atoms with Crippen LogP contribution in [0.25, 0.3) is 0 Å². The number of rotatable bonds is 4. The van der Waals surface area contributed by atoms with Gasteiger partial charge in [-0.3, -0.25) is 9.89 Å². The quantitative estimate of drug-likeness (QED) is 0.554. The third-order valence-corrected chi connectivity index (χ3v) is 5.69. The Bertz CT molecular complexity index is 1030. The van der Waals surface area contributed by atoms with E-state index in [2.05, 4.69) is 17.0 Å². The molecular weight excluding hydrogens is 375 g/mol. The maximum absolute atomic E-state index is 13.4. The SMILES string of the molecule is COc1ccc(C2C3C(c4ccc(Cl)cc4)=NC(c4ccc(F)cc4)N32)cc1. The van der Waals surface area contributed by atoms with Crippen molar-refractivity contribution in [2.75, 3.05) is 7.11 Å². The molecule has 5 heteroatoms. The molecule has 3 aromatic rings.